The molecule has 0 unspecified atom stereocenters. The van der Waals surface area contributed by atoms with Crippen molar-refractivity contribution in [2.45, 2.75) is 26.7 Å². The Bertz CT molecular complexity index is 469. The highest BCUT2D eigenvalue weighted by Crippen LogP contribution is 2.32. The number of hydrogen-bond acceptors (Lipinski definition) is 3. The second-order valence-corrected chi connectivity index (χ2v) is 6.48. The molecular formula is C15H23Cl2N3O. The fourth-order valence-electron chi connectivity index (χ4n) is 2.14. The van der Waals surface area contributed by atoms with Crippen LogP contribution in [0.5, 0.6) is 0 Å². The minimum absolute atomic E-state index is 0.0958. The van der Waals surface area contributed by atoms with Gasteiger partial charge in [-0.25, -0.2) is 0 Å². The first-order valence-electron chi connectivity index (χ1n) is 7.02. The highest BCUT2D eigenvalue weighted by Gasteiger charge is 2.11. The minimum Gasteiger partial charge on any atom is -0.399 e. The van der Waals surface area contributed by atoms with Crippen LogP contribution >= 0.6 is 23.2 Å². The van der Waals surface area contributed by atoms with Crippen molar-refractivity contribution >= 4 is 40.5 Å². The first-order chi connectivity index (χ1) is 9.79. The van der Waals surface area contributed by atoms with Gasteiger partial charge in [0.1, 0.15) is 0 Å². The van der Waals surface area contributed by atoms with Crippen LogP contribution in [-0.4, -0.2) is 30.9 Å². The van der Waals surface area contributed by atoms with Crippen LogP contribution in [-0.2, 0) is 4.79 Å². The second kappa shape index (κ2) is 8.47. The first kappa shape index (κ1) is 18.1. The predicted octanol–water partition coefficient (Wildman–Crippen LogP) is 3.88. The fourth-order valence-corrected chi connectivity index (χ4v) is 2.74. The third kappa shape index (κ3) is 6.55. The minimum atomic E-state index is -0.0958. The molecule has 0 aliphatic carbocycles. The van der Waals surface area contributed by atoms with Gasteiger partial charge in [0.25, 0.3) is 0 Å². The zero-order chi connectivity index (χ0) is 16.0. The van der Waals surface area contributed by atoms with E-state index in [-0.39, 0.29) is 5.91 Å². The number of nitrogens with one attached hydrogen (secondary N) is 1. The Balaban J connectivity index is 2.44. The van der Waals surface area contributed by atoms with E-state index in [0.29, 0.717) is 33.8 Å². The van der Waals surface area contributed by atoms with E-state index in [0.717, 1.165) is 19.5 Å². The lowest BCUT2D eigenvalue weighted by Crippen LogP contribution is -2.25. The number of nitrogens with two attached hydrogens (primary N) is 1. The van der Waals surface area contributed by atoms with Crippen molar-refractivity contribution in [2.75, 3.05) is 31.2 Å². The van der Waals surface area contributed by atoms with Crippen LogP contribution in [0, 0.1) is 5.92 Å². The predicted molar refractivity (Wildman–Crippen MR) is 91.1 cm³/mol. The molecule has 1 aromatic carbocycles. The molecule has 0 spiro atoms. The zero-order valence-corrected chi connectivity index (χ0v) is 14.3. The van der Waals surface area contributed by atoms with Gasteiger partial charge in [-0.1, -0.05) is 37.0 Å². The van der Waals surface area contributed by atoms with Gasteiger partial charge < -0.3 is 16.0 Å². The van der Waals surface area contributed by atoms with Crippen LogP contribution in [0.2, 0.25) is 10.0 Å². The summed E-state index contributed by atoms with van der Waals surface area (Å²) in [6.07, 6.45) is 1.22. The van der Waals surface area contributed by atoms with E-state index in [1.54, 1.807) is 12.1 Å². The summed E-state index contributed by atoms with van der Waals surface area (Å²) in [6.45, 7) is 6.26. The van der Waals surface area contributed by atoms with Gasteiger partial charge in [0.05, 0.1) is 15.7 Å². The molecular weight excluding hydrogens is 309 g/mol. The highest BCUT2D eigenvalue weighted by molar-refractivity contribution is 6.40. The summed E-state index contributed by atoms with van der Waals surface area (Å²) in [4.78, 5) is 14.2. The SMILES string of the molecule is CC(C)CN(C)CCCC(=O)Nc1c(Cl)cc(N)cc1Cl. The van der Waals surface area contributed by atoms with Gasteiger partial charge in [0.15, 0.2) is 0 Å². The Morgan fingerprint density at radius 3 is 2.43 bits per heavy atom. The standard InChI is InChI=1S/C15H23Cl2N3O/c1-10(2)9-20(3)6-4-5-14(21)19-15-12(16)7-11(18)8-13(15)17/h7-8,10H,4-6,9,18H2,1-3H3,(H,19,21). The van der Waals surface area contributed by atoms with Crippen LogP contribution in [0.15, 0.2) is 12.1 Å². The maximum absolute atomic E-state index is 11.9. The molecule has 1 aromatic rings. The first-order valence-corrected chi connectivity index (χ1v) is 7.78. The molecule has 1 amide bonds. The lowest BCUT2D eigenvalue weighted by molar-refractivity contribution is -0.116. The maximum Gasteiger partial charge on any atom is 0.224 e. The van der Waals surface area contributed by atoms with Gasteiger partial charge in [0, 0.05) is 18.7 Å². The van der Waals surface area contributed by atoms with Crippen LogP contribution in [0.1, 0.15) is 26.7 Å². The molecule has 118 valence electrons. The van der Waals surface area contributed by atoms with Gasteiger partial charge in [-0.3, -0.25) is 4.79 Å². The van der Waals surface area contributed by atoms with Crippen molar-refractivity contribution < 1.29 is 4.79 Å². The molecule has 0 saturated heterocycles. The van der Waals surface area contributed by atoms with E-state index < -0.39 is 0 Å². The summed E-state index contributed by atoms with van der Waals surface area (Å²) in [5, 5.41) is 3.45. The van der Waals surface area contributed by atoms with Crippen molar-refractivity contribution in [2.24, 2.45) is 5.92 Å². The lowest BCUT2D eigenvalue weighted by Gasteiger charge is -2.18. The third-order valence-corrected chi connectivity index (χ3v) is 3.55. The quantitative estimate of drug-likeness (QED) is 0.745. The summed E-state index contributed by atoms with van der Waals surface area (Å²) >= 11 is 12.1. The average molecular weight is 332 g/mol. The Kier molecular flexibility index (Phi) is 7.29. The number of carbonyl (C=O) groups excluding carboxylic acids is 1. The fraction of sp³-hybridized carbons (Fsp3) is 0.533. The lowest BCUT2D eigenvalue weighted by atomic mass is 10.2. The van der Waals surface area contributed by atoms with E-state index in [4.69, 9.17) is 28.9 Å². The number of benzene rings is 1. The van der Waals surface area contributed by atoms with Gasteiger partial charge >= 0.3 is 0 Å². The van der Waals surface area contributed by atoms with Crippen molar-refractivity contribution in [3.05, 3.63) is 22.2 Å². The summed E-state index contributed by atoms with van der Waals surface area (Å²) in [6, 6.07) is 3.14. The molecule has 21 heavy (non-hydrogen) atoms. The number of hydrogen-bond donors (Lipinski definition) is 2. The van der Waals surface area contributed by atoms with E-state index in [1.807, 2.05) is 0 Å². The summed E-state index contributed by atoms with van der Waals surface area (Å²) in [7, 11) is 2.06. The molecule has 0 atom stereocenters. The normalized spacial score (nSPS) is 11.2. The molecule has 6 heteroatoms. The van der Waals surface area contributed by atoms with Crippen LogP contribution in [0.3, 0.4) is 0 Å². The largest absolute Gasteiger partial charge is 0.399 e. The number of amides is 1. The number of nitrogen functional groups attached to an aromatic ring is 1. The zero-order valence-electron chi connectivity index (χ0n) is 12.7. The highest BCUT2D eigenvalue weighted by atomic mass is 35.5. The average Bonchev–Trinajstić information content (AvgIpc) is 2.32. The number of anilines is 2. The molecule has 4 nitrogen and oxygen atoms in total. The van der Waals surface area contributed by atoms with Gasteiger partial charge in [-0.2, -0.15) is 0 Å². The van der Waals surface area contributed by atoms with Crippen LogP contribution in [0.4, 0.5) is 11.4 Å². The van der Waals surface area contributed by atoms with Crippen molar-refractivity contribution in [1.29, 1.82) is 0 Å². The molecule has 3 N–H and O–H groups in total. The van der Waals surface area contributed by atoms with Gasteiger partial charge in [-0.05, 0) is 38.1 Å². The molecule has 0 aromatic heterocycles. The molecule has 0 bridgehead atoms. The van der Waals surface area contributed by atoms with E-state index >= 15 is 0 Å². The van der Waals surface area contributed by atoms with Crippen molar-refractivity contribution in [1.82, 2.24) is 4.90 Å². The maximum atomic E-state index is 11.9. The molecule has 1 rings (SSSR count). The summed E-state index contributed by atoms with van der Waals surface area (Å²) in [5.41, 5.74) is 6.52. The van der Waals surface area contributed by atoms with Crippen molar-refractivity contribution in [3.63, 3.8) is 0 Å². The third-order valence-electron chi connectivity index (χ3n) is 2.95. The number of nitrogens with zero attached hydrogens (tertiary/aromatic N) is 1. The van der Waals surface area contributed by atoms with Crippen molar-refractivity contribution in [3.8, 4) is 0 Å². The van der Waals surface area contributed by atoms with Crippen LogP contribution in [0.25, 0.3) is 0 Å². The topological polar surface area (TPSA) is 58.4 Å². The Hall–Kier alpha value is -0.970. The number of rotatable bonds is 7. The number of carbonyl (C=O) groups is 1. The van der Waals surface area contributed by atoms with E-state index in [9.17, 15) is 4.79 Å². The summed E-state index contributed by atoms with van der Waals surface area (Å²) < 4.78 is 0. The Morgan fingerprint density at radius 1 is 1.33 bits per heavy atom. The van der Waals surface area contributed by atoms with Crippen LogP contribution < -0.4 is 11.1 Å². The molecule has 0 heterocycles. The molecule has 0 saturated carbocycles. The smallest absolute Gasteiger partial charge is 0.224 e. The van der Waals surface area contributed by atoms with E-state index in [2.05, 4.69) is 31.1 Å². The monoisotopic (exact) mass is 331 g/mol. The molecule has 0 fully saturated rings. The second-order valence-electron chi connectivity index (χ2n) is 5.67. The van der Waals surface area contributed by atoms with Gasteiger partial charge in [0.2, 0.25) is 5.91 Å². The molecule has 0 aliphatic heterocycles. The Morgan fingerprint density at radius 2 is 1.90 bits per heavy atom. The molecule has 0 aliphatic rings. The Labute approximate surface area is 136 Å². The van der Waals surface area contributed by atoms with E-state index in [1.165, 1.54) is 0 Å². The molecule has 0 radical (unpaired) electrons. The summed E-state index contributed by atoms with van der Waals surface area (Å²) in [5.74, 6) is 0.526. The van der Waals surface area contributed by atoms with Gasteiger partial charge in [-0.15, -0.1) is 0 Å². The number of halogens is 2.